The Labute approximate surface area is 249 Å². The molecular weight excluding hydrogens is 587 g/mol. The minimum atomic E-state index is -0.925. The predicted molar refractivity (Wildman–Crippen MR) is 154 cm³/mol. The SMILES string of the molecule is CC(C)(C)CCCCCC(=O)[O-].CC(C)(C)CCCCCC(=O)[O-].CC(C)(C)CCCCCC(=O)[O-].[CH3][Sn+3]. The van der Waals surface area contributed by atoms with Crippen LogP contribution in [0.1, 0.15) is 159 Å². The van der Waals surface area contributed by atoms with Crippen LogP contribution < -0.4 is 15.3 Å². The first-order valence-electron chi connectivity index (χ1n) is 14.3. The van der Waals surface area contributed by atoms with Crippen LogP contribution in [-0.2, 0) is 14.4 Å². The van der Waals surface area contributed by atoms with Gasteiger partial charge in [0.15, 0.2) is 0 Å². The number of carboxylic acid groups (broad SMARTS) is 3. The van der Waals surface area contributed by atoms with Gasteiger partial charge in [0.2, 0.25) is 0 Å². The van der Waals surface area contributed by atoms with Gasteiger partial charge in [-0.2, -0.15) is 0 Å². The van der Waals surface area contributed by atoms with Gasteiger partial charge < -0.3 is 29.7 Å². The molecule has 0 aromatic carbocycles. The van der Waals surface area contributed by atoms with E-state index < -0.39 is 17.9 Å². The molecule has 0 spiro atoms. The summed E-state index contributed by atoms with van der Waals surface area (Å²) in [5.74, 6) is -2.78. The van der Waals surface area contributed by atoms with Crippen LogP contribution in [-0.4, -0.2) is 40.4 Å². The van der Waals surface area contributed by atoms with Gasteiger partial charge in [-0.1, -0.05) is 101 Å². The zero-order valence-electron chi connectivity index (χ0n) is 26.6. The van der Waals surface area contributed by atoms with Gasteiger partial charge in [-0.25, -0.2) is 0 Å². The molecule has 0 aliphatic rings. The average Bonchev–Trinajstić information content (AvgIpc) is 2.72. The molecule has 0 atom stereocenters. The first-order valence-corrected chi connectivity index (χ1v) is 17.2. The van der Waals surface area contributed by atoms with Crippen molar-refractivity contribution in [3.05, 3.63) is 0 Å². The second-order valence-electron chi connectivity index (χ2n) is 13.5. The van der Waals surface area contributed by atoms with Crippen LogP contribution in [0.3, 0.4) is 0 Å². The van der Waals surface area contributed by atoms with Gasteiger partial charge in [-0.3, -0.25) is 0 Å². The van der Waals surface area contributed by atoms with E-state index in [-0.39, 0.29) is 19.3 Å². The molecule has 0 saturated heterocycles. The summed E-state index contributed by atoms with van der Waals surface area (Å²) in [6.07, 6.45) is 12.8. The molecule has 0 aliphatic heterocycles. The molecule has 0 unspecified atom stereocenters. The van der Waals surface area contributed by atoms with E-state index in [0.717, 1.165) is 57.8 Å². The average molecular weight is 648 g/mol. The Bertz CT molecular complexity index is 488. The Hall–Kier alpha value is -0.791. The maximum atomic E-state index is 10.0. The zero-order valence-corrected chi connectivity index (χ0v) is 29.4. The maximum absolute atomic E-state index is 10.0. The van der Waals surface area contributed by atoms with Crippen LogP contribution in [0.4, 0.5) is 0 Å². The third-order valence-electron chi connectivity index (χ3n) is 5.42. The number of hydrogen-bond acceptors (Lipinski definition) is 6. The van der Waals surface area contributed by atoms with Crippen molar-refractivity contribution < 1.29 is 29.7 Å². The second-order valence-corrected chi connectivity index (χ2v) is 13.5. The van der Waals surface area contributed by atoms with Crippen LogP contribution in [0.5, 0.6) is 0 Å². The van der Waals surface area contributed by atoms with Crippen molar-refractivity contribution in [3.63, 3.8) is 0 Å². The predicted octanol–water partition coefficient (Wildman–Crippen LogP) is 5.40. The van der Waals surface area contributed by atoms with Gasteiger partial charge >= 0.3 is 27.5 Å². The fourth-order valence-electron chi connectivity index (χ4n) is 3.30. The number of aliphatic carboxylic acids is 3. The van der Waals surface area contributed by atoms with Crippen molar-refractivity contribution >= 4 is 40.4 Å². The van der Waals surface area contributed by atoms with E-state index in [0.29, 0.717) is 16.2 Å². The van der Waals surface area contributed by atoms with E-state index in [4.69, 9.17) is 0 Å². The molecule has 0 amide bonds. The third kappa shape index (κ3) is 60.0. The minimum absolute atomic E-state index is 0.212. The molecule has 0 fully saturated rings. The zero-order chi connectivity index (χ0) is 30.8. The van der Waals surface area contributed by atoms with Gasteiger partial charge in [-0.05, 0) is 74.0 Å². The summed E-state index contributed by atoms with van der Waals surface area (Å²) >= 11 is 1.55. The number of unbranched alkanes of at least 4 members (excludes halogenated alkanes) is 6. The van der Waals surface area contributed by atoms with Gasteiger partial charge in [0.1, 0.15) is 0 Å². The number of carboxylic acids is 3. The standard InChI is InChI=1S/3C10H20O2.CH3.Sn/c3*1-10(2,3)8-6-4-5-7-9(11)12;;/h3*4-8H2,1-3H3,(H,11,12);1H3;/q;;;;+3/p-3. The molecule has 0 aromatic heterocycles. The van der Waals surface area contributed by atoms with Crippen molar-refractivity contribution in [1.82, 2.24) is 0 Å². The van der Waals surface area contributed by atoms with Gasteiger partial charge in [0.05, 0.1) is 0 Å². The third-order valence-corrected chi connectivity index (χ3v) is 5.42. The van der Waals surface area contributed by atoms with Crippen LogP contribution >= 0.6 is 0 Å². The molecule has 224 valence electrons. The van der Waals surface area contributed by atoms with Crippen LogP contribution in [0.2, 0.25) is 4.94 Å². The monoisotopic (exact) mass is 648 g/mol. The summed E-state index contributed by atoms with van der Waals surface area (Å²) in [4.78, 5) is 32.2. The number of hydrogen-bond donors (Lipinski definition) is 0. The molecule has 0 N–H and O–H groups in total. The normalized spacial score (nSPS) is 11.2. The molecular formula is C31H60O6Sn. The molecule has 7 heteroatoms. The Morgan fingerprint density at radius 1 is 0.421 bits per heavy atom. The summed E-state index contributed by atoms with van der Waals surface area (Å²) in [5, 5.41) is 30.1. The van der Waals surface area contributed by atoms with Crippen molar-refractivity contribution in [2.45, 2.75) is 164 Å². The summed E-state index contributed by atoms with van der Waals surface area (Å²) in [6, 6.07) is 0. The molecule has 0 rings (SSSR count). The van der Waals surface area contributed by atoms with Crippen LogP contribution in [0, 0.1) is 16.2 Å². The summed E-state index contributed by atoms with van der Waals surface area (Å²) in [5.41, 5.74) is 1.13. The molecule has 6 nitrogen and oxygen atoms in total. The van der Waals surface area contributed by atoms with Gasteiger partial charge in [0.25, 0.3) is 0 Å². The Kier molecular flexibility index (Phi) is 30.8. The molecule has 0 saturated carbocycles. The fraction of sp³-hybridized carbons (Fsp3) is 0.903. The molecule has 0 aromatic rings. The number of carbonyl (C=O) groups excluding carboxylic acids is 3. The first-order chi connectivity index (χ1) is 17.2. The molecule has 0 heterocycles. The van der Waals surface area contributed by atoms with E-state index in [2.05, 4.69) is 67.3 Å². The second kappa shape index (κ2) is 26.4. The number of carbonyl (C=O) groups is 3. The molecule has 38 heavy (non-hydrogen) atoms. The van der Waals surface area contributed by atoms with Crippen molar-refractivity contribution in [2.24, 2.45) is 16.2 Å². The van der Waals surface area contributed by atoms with E-state index in [9.17, 15) is 29.7 Å². The summed E-state index contributed by atoms with van der Waals surface area (Å²) in [6.45, 7) is 19.8. The van der Waals surface area contributed by atoms with Gasteiger partial charge in [0, 0.05) is 17.9 Å². The van der Waals surface area contributed by atoms with E-state index in [1.807, 2.05) is 0 Å². The van der Waals surface area contributed by atoms with Crippen molar-refractivity contribution in [3.8, 4) is 0 Å². The summed E-state index contributed by atoms with van der Waals surface area (Å²) < 4.78 is 0. The Balaban J connectivity index is -0.000000220. The van der Waals surface area contributed by atoms with E-state index in [1.54, 1.807) is 22.5 Å². The number of rotatable bonds is 15. The van der Waals surface area contributed by atoms with Crippen molar-refractivity contribution in [2.75, 3.05) is 0 Å². The molecule has 0 aliphatic carbocycles. The Morgan fingerprint density at radius 3 is 0.737 bits per heavy atom. The molecule has 0 radical (unpaired) electrons. The van der Waals surface area contributed by atoms with Crippen molar-refractivity contribution in [1.29, 1.82) is 0 Å². The first kappa shape index (κ1) is 44.2. The fourth-order valence-corrected chi connectivity index (χ4v) is 3.30. The summed E-state index contributed by atoms with van der Waals surface area (Å²) in [7, 11) is 0. The quantitative estimate of drug-likeness (QED) is 0.173. The van der Waals surface area contributed by atoms with Gasteiger partial charge in [-0.15, -0.1) is 0 Å². The van der Waals surface area contributed by atoms with Crippen LogP contribution in [0.25, 0.3) is 0 Å². The molecule has 0 bridgehead atoms. The topological polar surface area (TPSA) is 120 Å². The Morgan fingerprint density at radius 2 is 0.605 bits per heavy atom. The van der Waals surface area contributed by atoms with E-state index in [1.165, 1.54) is 19.3 Å². The van der Waals surface area contributed by atoms with E-state index >= 15 is 0 Å². The van der Waals surface area contributed by atoms with Crippen LogP contribution in [0.15, 0.2) is 0 Å².